The molecule has 0 bridgehead atoms. The van der Waals surface area contributed by atoms with Crippen LogP contribution < -0.4 is 10.9 Å². The Morgan fingerprint density at radius 3 is 2.42 bits per heavy atom. The summed E-state index contributed by atoms with van der Waals surface area (Å²) in [4.78, 5) is 36.2. The van der Waals surface area contributed by atoms with Crippen molar-refractivity contribution in [2.24, 2.45) is 7.05 Å². The third-order valence-corrected chi connectivity index (χ3v) is 6.74. The highest BCUT2D eigenvalue weighted by molar-refractivity contribution is 6.39. The van der Waals surface area contributed by atoms with E-state index in [2.05, 4.69) is 20.3 Å². The number of anilines is 2. The molecule has 0 amide bonds. The van der Waals surface area contributed by atoms with Crippen molar-refractivity contribution in [1.29, 1.82) is 0 Å². The number of H-pyrrole nitrogens is 1. The molecule has 0 aliphatic carbocycles. The van der Waals surface area contributed by atoms with Gasteiger partial charge in [0.05, 0.1) is 48.2 Å². The highest BCUT2D eigenvalue weighted by Gasteiger charge is 2.20. The lowest BCUT2D eigenvalue weighted by atomic mass is 10.1. The number of hydrogen-bond donors (Lipinski definition) is 2. The van der Waals surface area contributed by atoms with Gasteiger partial charge in [-0.05, 0) is 42.5 Å². The van der Waals surface area contributed by atoms with Gasteiger partial charge in [-0.3, -0.25) is 14.9 Å². The number of aryl methyl sites for hydroxylation is 1. The monoisotopic (exact) mass is 546 g/mol. The molecule has 0 fully saturated rings. The lowest BCUT2D eigenvalue weighted by Gasteiger charge is -2.10. The van der Waals surface area contributed by atoms with Crippen molar-refractivity contribution in [3.8, 4) is 22.9 Å². The summed E-state index contributed by atoms with van der Waals surface area (Å²) in [5.74, 6) is 1.17. The summed E-state index contributed by atoms with van der Waals surface area (Å²) < 4.78 is 7.59. The Morgan fingerprint density at radius 2 is 1.66 bits per heavy atom. The average molecular weight is 547 g/mol. The van der Waals surface area contributed by atoms with Crippen molar-refractivity contribution in [3.63, 3.8) is 0 Å². The third-order valence-electron chi connectivity index (χ3n) is 6.11. The van der Waals surface area contributed by atoms with Crippen LogP contribution in [0.4, 0.5) is 17.3 Å². The molecule has 0 aliphatic rings. The first kappa shape index (κ1) is 23.7. The van der Waals surface area contributed by atoms with Crippen LogP contribution in [0.5, 0.6) is 0 Å². The summed E-state index contributed by atoms with van der Waals surface area (Å²) in [6.07, 6.45) is 0. The minimum atomic E-state index is -0.477. The van der Waals surface area contributed by atoms with Gasteiger partial charge < -0.3 is 19.3 Å². The number of aromatic nitrogens is 4. The second kappa shape index (κ2) is 9.02. The second-order valence-electron chi connectivity index (χ2n) is 8.40. The molecule has 3 aromatic heterocycles. The van der Waals surface area contributed by atoms with Crippen LogP contribution in [-0.2, 0) is 7.05 Å². The van der Waals surface area contributed by atoms with Gasteiger partial charge >= 0.3 is 0 Å². The van der Waals surface area contributed by atoms with Crippen molar-refractivity contribution < 1.29 is 9.34 Å². The standard InChI is InChI=1S/C26H16Cl2N6O4/c1-33-23-17(30-26(33)31-22-14(27)6-4-7-15(22)28)10-9-16-21(23)25(35)32-24(29-16)20-12-11-19(38-20)13-5-2-3-8-18(13)34(36)37/h2-12H,1H3,(H,30,31)(H,29,32,35). The van der Waals surface area contributed by atoms with Crippen molar-refractivity contribution in [1.82, 2.24) is 19.5 Å². The molecule has 6 aromatic rings. The number of nitrogens with zero attached hydrogens (tertiary/aromatic N) is 4. The van der Waals surface area contributed by atoms with Crippen LogP contribution in [0, 0.1) is 10.1 Å². The minimum Gasteiger partial charge on any atom is -0.453 e. The number of furan rings is 1. The Bertz CT molecular complexity index is 1940. The zero-order valence-electron chi connectivity index (χ0n) is 19.5. The summed E-state index contributed by atoms with van der Waals surface area (Å²) in [6.45, 7) is 0. The quantitative estimate of drug-likeness (QED) is 0.181. The lowest BCUT2D eigenvalue weighted by Crippen LogP contribution is -2.11. The van der Waals surface area contributed by atoms with Crippen LogP contribution in [-0.4, -0.2) is 24.4 Å². The van der Waals surface area contributed by atoms with Gasteiger partial charge in [-0.25, -0.2) is 9.97 Å². The van der Waals surface area contributed by atoms with Crippen molar-refractivity contribution in [3.05, 3.63) is 97.2 Å². The molecule has 0 spiro atoms. The Balaban J connectivity index is 1.44. The van der Waals surface area contributed by atoms with E-state index in [-0.39, 0.29) is 23.0 Å². The van der Waals surface area contributed by atoms with Gasteiger partial charge in [-0.15, -0.1) is 0 Å². The van der Waals surface area contributed by atoms with Crippen LogP contribution in [0.1, 0.15) is 0 Å². The van der Waals surface area contributed by atoms with Crippen molar-refractivity contribution in [2.45, 2.75) is 0 Å². The number of nitro groups is 1. The van der Waals surface area contributed by atoms with Gasteiger partial charge in [-0.1, -0.05) is 41.4 Å². The van der Waals surface area contributed by atoms with E-state index in [0.29, 0.717) is 49.2 Å². The maximum absolute atomic E-state index is 13.3. The van der Waals surface area contributed by atoms with Crippen LogP contribution in [0.2, 0.25) is 10.0 Å². The highest BCUT2D eigenvalue weighted by atomic mass is 35.5. The average Bonchev–Trinajstić information content (AvgIpc) is 3.51. The number of halogens is 2. The molecule has 38 heavy (non-hydrogen) atoms. The summed E-state index contributed by atoms with van der Waals surface area (Å²) >= 11 is 12.6. The van der Waals surface area contributed by atoms with E-state index in [0.717, 1.165) is 0 Å². The summed E-state index contributed by atoms with van der Waals surface area (Å²) in [5, 5.41) is 15.8. The molecule has 3 aromatic carbocycles. The van der Waals surface area contributed by atoms with E-state index in [1.165, 1.54) is 6.07 Å². The molecule has 0 saturated carbocycles. The summed E-state index contributed by atoms with van der Waals surface area (Å²) in [5.41, 5.74) is 1.89. The van der Waals surface area contributed by atoms with E-state index in [4.69, 9.17) is 27.6 Å². The molecule has 10 nitrogen and oxygen atoms in total. The smallest absolute Gasteiger partial charge is 0.280 e. The maximum atomic E-state index is 13.3. The number of imidazole rings is 1. The zero-order chi connectivity index (χ0) is 26.6. The number of fused-ring (bicyclic) bond motifs is 3. The van der Waals surface area contributed by atoms with E-state index in [1.807, 2.05) is 0 Å². The fourth-order valence-electron chi connectivity index (χ4n) is 4.34. The Morgan fingerprint density at radius 1 is 0.947 bits per heavy atom. The van der Waals surface area contributed by atoms with Gasteiger partial charge in [0.1, 0.15) is 5.76 Å². The predicted octanol–water partition coefficient (Wildman–Crippen LogP) is 6.70. The number of aromatic amines is 1. The molecule has 12 heteroatoms. The normalized spacial score (nSPS) is 11.3. The number of para-hydroxylation sites is 2. The molecule has 0 saturated heterocycles. The molecule has 2 N–H and O–H groups in total. The molecular formula is C26H16Cl2N6O4. The van der Waals surface area contributed by atoms with E-state index in [9.17, 15) is 14.9 Å². The number of hydrogen-bond acceptors (Lipinski definition) is 7. The first-order valence-corrected chi connectivity index (χ1v) is 12.0. The van der Waals surface area contributed by atoms with Gasteiger partial charge in [0.15, 0.2) is 11.6 Å². The Labute approximate surface area is 223 Å². The molecule has 188 valence electrons. The Hall–Kier alpha value is -4.67. The predicted molar refractivity (Wildman–Crippen MR) is 146 cm³/mol. The van der Waals surface area contributed by atoms with E-state index < -0.39 is 10.5 Å². The summed E-state index contributed by atoms with van der Waals surface area (Å²) in [7, 11) is 1.76. The number of nitrogens with one attached hydrogen (secondary N) is 2. The third kappa shape index (κ3) is 3.87. The Kier molecular flexibility index (Phi) is 5.63. The van der Waals surface area contributed by atoms with Gasteiger partial charge in [-0.2, -0.15) is 0 Å². The van der Waals surface area contributed by atoms with E-state index >= 15 is 0 Å². The van der Waals surface area contributed by atoms with Crippen LogP contribution in [0.15, 0.2) is 75.9 Å². The van der Waals surface area contributed by atoms with E-state index in [1.54, 1.807) is 72.3 Å². The first-order chi connectivity index (χ1) is 18.3. The van der Waals surface area contributed by atoms with Gasteiger partial charge in [0.2, 0.25) is 5.95 Å². The highest BCUT2D eigenvalue weighted by Crippen LogP contribution is 2.35. The maximum Gasteiger partial charge on any atom is 0.280 e. The second-order valence-corrected chi connectivity index (χ2v) is 9.21. The molecule has 0 radical (unpaired) electrons. The lowest BCUT2D eigenvalue weighted by molar-refractivity contribution is -0.384. The molecular weight excluding hydrogens is 531 g/mol. The van der Waals surface area contributed by atoms with Gasteiger partial charge in [0.25, 0.3) is 11.2 Å². The number of benzene rings is 3. The fraction of sp³-hybridized carbons (Fsp3) is 0.0385. The molecule has 0 aliphatic heterocycles. The molecule has 6 rings (SSSR count). The minimum absolute atomic E-state index is 0.0885. The van der Waals surface area contributed by atoms with Crippen LogP contribution in [0.3, 0.4) is 0 Å². The van der Waals surface area contributed by atoms with Gasteiger partial charge in [0, 0.05) is 13.1 Å². The van der Waals surface area contributed by atoms with Crippen LogP contribution >= 0.6 is 23.2 Å². The van der Waals surface area contributed by atoms with Crippen molar-refractivity contribution in [2.75, 3.05) is 5.32 Å². The fourth-order valence-corrected chi connectivity index (χ4v) is 4.83. The SMILES string of the molecule is Cn1c(Nc2c(Cl)cccc2Cl)nc2ccc3nc(-c4ccc(-c5ccccc5[N+](=O)[O-])o4)[nH]c(=O)c3c21. The number of rotatable bonds is 5. The summed E-state index contributed by atoms with van der Waals surface area (Å²) in [6, 6.07) is 18.1. The van der Waals surface area contributed by atoms with Crippen molar-refractivity contribution >= 4 is 62.5 Å². The molecule has 0 unspecified atom stereocenters. The van der Waals surface area contributed by atoms with Crippen LogP contribution in [0.25, 0.3) is 44.8 Å². The number of nitro benzene ring substituents is 1. The molecule has 0 atom stereocenters. The molecule has 3 heterocycles. The zero-order valence-corrected chi connectivity index (χ0v) is 21.0. The first-order valence-electron chi connectivity index (χ1n) is 11.3. The topological polar surface area (TPSA) is 132 Å². The largest absolute Gasteiger partial charge is 0.453 e.